The molecule has 0 saturated heterocycles. The SMILES string of the molecule is O=C(Cl)OC1=CC=C1[N+](=O)[O-]. The van der Waals surface area contributed by atoms with E-state index in [1.165, 1.54) is 12.2 Å². The molecular formula is C5H2ClNO4. The zero-order valence-electron chi connectivity index (χ0n) is 5.11. The van der Waals surface area contributed by atoms with Gasteiger partial charge in [-0.2, -0.15) is 0 Å². The second kappa shape index (κ2) is 2.71. The predicted octanol–water partition coefficient (Wildman–Crippen LogP) is 1.42. The van der Waals surface area contributed by atoms with Gasteiger partial charge < -0.3 is 4.74 Å². The van der Waals surface area contributed by atoms with Crippen LogP contribution in [0.5, 0.6) is 0 Å². The van der Waals surface area contributed by atoms with Crippen LogP contribution in [0.4, 0.5) is 4.79 Å². The van der Waals surface area contributed by atoms with E-state index >= 15 is 0 Å². The number of hydrogen-bond acceptors (Lipinski definition) is 4. The zero-order valence-corrected chi connectivity index (χ0v) is 5.87. The van der Waals surface area contributed by atoms with Crippen molar-refractivity contribution in [2.24, 2.45) is 0 Å². The highest BCUT2D eigenvalue weighted by Gasteiger charge is 2.26. The molecule has 0 aliphatic heterocycles. The van der Waals surface area contributed by atoms with E-state index in [9.17, 15) is 14.9 Å². The average molecular weight is 176 g/mol. The number of nitrogens with zero attached hydrogens (tertiary/aromatic N) is 1. The van der Waals surface area contributed by atoms with Crippen LogP contribution in [0.2, 0.25) is 0 Å². The summed E-state index contributed by atoms with van der Waals surface area (Å²) in [5, 5.41) is 10.0. The molecule has 0 atom stereocenters. The first-order valence-electron chi connectivity index (χ1n) is 2.55. The number of halogens is 1. The van der Waals surface area contributed by atoms with Gasteiger partial charge in [-0.15, -0.1) is 0 Å². The third-order valence-corrected chi connectivity index (χ3v) is 1.11. The van der Waals surface area contributed by atoms with Crippen LogP contribution in [0, 0.1) is 10.1 Å². The lowest BCUT2D eigenvalue weighted by Gasteiger charge is -2.06. The van der Waals surface area contributed by atoms with Crippen molar-refractivity contribution in [3.05, 3.63) is 33.7 Å². The molecule has 58 valence electrons. The van der Waals surface area contributed by atoms with Gasteiger partial charge in [-0.1, -0.05) is 0 Å². The van der Waals surface area contributed by atoms with E-state index in [-0.39, 0.29) is 11.5 Å². The number of carbonyl (C=O) groups excluding carboxylic acids is 1. The molecule has 1 aliphatic carbocycles. The third kappa shape index (κ3) is 1.56. The van der Waals surface area contributed by atoms with Crippen LogP contribution < -0.4 is 0 Å². The molecule has 5 nitrogen and oxygen atoms in total. The fourth-order valence-electron chi connectivity index (χ4n) is 0.549. The predicted molar refractivity (Wildman–Crippen MR) is 35.5 cm³/mol. The van der Waals surface area contributed by atoms with Crippen LogP contribution in [0.1, 0.15) is 0 Å². The minimum Gasteiger partial charge on any atom is -0.407 e. The summed E-state index contributed by atoms with van der Waals surface area (Å²) in [6.45, 7) is 0. The van der Waals surface area contributed by atoms with Gasteiger partial charge in [0.05, 0.1) is 4.92 Å². The number of nitro groups is 1. The maximum atomic E-state index is 10.1. The van der Waals surface area contributed by atoms with Gasteiger partial charge in [-0.05, 0) is 6.08 Å². The third-order valence-electron chi connectivity index (χ3n) is 1.03. The maximum absolute atomic E-state index is 10.1. The summed E-state index contributed by atoms with van der Waals surface area (Å²) in [7, 11) is 0. The number of rotatable bonds is 2. The van der Waals surface area contributed by atoms with Crippen LogP contribution in [0.25, 0.3) is 0 Å². The first-order chi connectivity index (χ1) is 5.11. The Balaban J connectivity index is 2.54. The van der Waals surface area contributed by atoms with Crippen molar-refractivity contribution < 1.29 is 14.5 Å². The minimum absolute atomic E-state index is 0.102. The first kappa shape index (κ1) is 7.74. The van der Waals surface area contributed by atoms with Gasteiger partial charge in [0.1, 0.15) is 0 Å². The Labute approximate surface area is 66.0 Å². The van der Waals surface area contributed by atoms with Crippen molar-refractivity contribution >= 4 is 17.0 Å². The standard InChI is InChI=1S/C5H2ClNO4/c6-5(8)11-4-2-1-3(4)7(9)10/h1-2H. The second-order valence-corrected chi connectivity index (χ2v) is 1.99. The van der Waals surface area contributed by atoms with E-state index in [4.69, 9.17) is 11.6 Å². The van der Waals surface area contributed by atoms with E-state index in [0.717, 1.165) is 0 Å². The van der Waals surface area contributed by atoms with Gasteiger partial charge in [0.25, 0.3) is 0 Å². The molecule has 0 fully saturated rings. The van der Waals surface area contributed by atoms with Gasteiger partial charge in [-0.25, -0.2) is 4.79 Å². The van der Waals surface area contributed by atoms with Crippen LogP contribution in [0.3, 0.4) is 0 Å². The minimum atomic E-state index is -1.08. The summed E-state index contributed by atoms with van der Waals surface area (Å²) < 4.78 is 4.24. The summed E-state index contributed by atoms with van der Waals surface area (Å²) in [6, 6.07) is 0. The van der Waals surface area contributed by atoms with E-state index in [1.54, 1.807) is 0 Å². The molecule has 0 aromatic carbocycles. The molecule has 0 heterocycles. The largest absolute Gasteiger partial charge is 0.409 e. The summed E-state index contributed by atoms with van der Waals surface area (Å²) in [5.41, 5.74) is -1.32. The molecule has 0 amide bonds. The molecule has 0 saturated carbocycles. The van der Waals surface area contributed by atoms with Crippen molar-refractivity contribution in [1.82, 2.24) is 0 Å². The Kier molecular flexibility index (Phi) is 1.91. The lowest BCUT2D eigenvalue weighted by Crippen LogP contribution is -2.11. The fraction of sp³-hybridized carbons (Fsp3) is 0. The van der Waals surface area contributed by atoms with Crippen molar-refractivity contribution in [3.8, 4) is 0 Å². The van der Waals surface area contributed by atoms with Crippen molar-refractivity contribution in [2.45, 2.75) is 0 Å². The number of allylic oxidation sites excluding steroid dienone is 2. The summed E-state index contributed by atoms with van der Waals surface area (Å²) in [4.78, 5) is 19.4. The smallest absolute Gasteiger partial charge is 0.407 e. The lowest BCUT2D eigenvalue weighted by molar-refractivity contribution is -0.425. The average Bonchev–Trinajstić information content (AvgIpc) is 1.78. The fourth-order valence-corrected chi connectivity index (χ4v) is 0.633. The molecule has 6 heteroatoms. The normalized spacial score (nSPS) is 14.3. The van der Waals surface area contributed by atoms with Gasteiger partial charge >= 0.3 is 11.1 Å². The molecule has 0 radical (unpaired) electrons. The monoisotopic (exact) mass is 175 g/mol. The molecule has 0 unspecified atom stereocenters. The molecule has 0 aromatic rings. The highest BCUT2D eigenvalue weighted by atomic mass is 35.5. The first-order valence-corrected chi connectivity index (χ1v) is 2.93. The second-order valence-electron chi connectivity index (χ2n) is 1.68. The van der Waals surface area contributed by atoms with Crippen LogP contribution in [0.15, 0.2) is 23.6 Å². The van der Waals surface area contributed by atoms with Crippen molar-refractivity contribution in [2.75, 3.05) is 0 Å². The van der Waals surface area contributed by atoms with Crippen molar-refractivity contribution in [3.63, 3.8) is 0 Å². The van der Waals surface area contributed by atoms with Crippen LogP contribution in [-0.4, -0.2) is 10.4 Å². The highest BCUT2D eigenvalue weighted by molar-refractivity contribution is 6.61. The highest BCUT2D eigenvalue weighted by Crippen LogP contribution is 2.21. The number of ether oxygens (including phenoxy) is 1. The number of carbonyl (C=O) groups is 1. The molecule has 0 bridgehead atoms. The quantitative estimate of drug-likeness (QED) is 0.362. The van der Waals surface area contributed by atoms with Crippen LogP contribution >= 0.6 is 11.6 Å². The summed E-state index contributed by atoms with van der Waals surface area (Å²) >= 11 is 4.80. The van der Waals surface area contributed by atoms with Crippen molar-refractivity contribution in [1.29, 1.82) is 0 Å². The van der Waals surface area contributed by atoms with E-state index < -0.39 is 10.4 Å². The zero-order chi connectivity index (χ0) is 8.43. The molecule has 0 N–H and O–H groups in total. The van der Waals surface area contributed by atoms with Gasteiger partial charge in [-0.3, -0.25) is 10.1 Å². The lowest BCUT2D eigenvalue weighted by atomic mass is 10.2. The molecular weight excluding hydrogens is 174 g/mol. The number of hydrogen-bond donors (Lipinski definition) is 0. The Bertz CT molecular complexity index is 280. The van der Waals surface area contributed by atoms with E-state index in [0.29, 0.717) is 0 Å². The van der Waals surface area contributed by atoms with Gasteiger partial charge in [0.15, 0.2) is 0 Å². The van der Waals surface area contributed by atoms with E-state index in [1.807, 2.05) is 0 Å². The Morgan fingerprint density at radius 3 is 2.55 bits per heavy atom. The van der Waals surface area contributed by atoms with E-state index in [2.05, 4.69) is 4.74 Å². The molecule has 1 rings (SSSR count). The Morgan fingerprint density at radius 2 is 2.27 bits per heavy atom. The molecule has 0 spiro atoms. The van der Waals surface area contributed by atoms with Gasteiger partial charge in [0, 0.05) is 17.7 Å². The van der Waals surface area contributed by atoms with Crippen LogP contribution in [-0.2, 0) is 4.74 Å². The maximum Gasteiger partial charge on any atom is 0.409 e. The summed E-state index contributed by atoms with van der Waals surface area (Å²) in [5.74, 6) is -0.102. The Morgan fingerprint density at radius 1 is 1.64 bits per heavy atom. The molecule has 11 heavy (non-hydrogen) atoms. The summed E-state index contributed by atoms with van der Waals surface area (Å²) in [6.07, 6.45) is 2.51. The van der Waals surface area contributed by atoms with Gasteiger partial charge in [0.2, 0.25) is 5.76 Å². The Hall–Kier alpha value is -1.36. The molecule has 0 aromatic heterocycles. The molecule has 1 aliphatic rings. The topological polar surface area (TPSA) is 69.4 Å².